The van der Waals surface area contributed by atoms with Crippen LogP contribution >= 0.6 is 0 Å². The molecule has 0 bridgehead atoms. The summed E-state index contributed by atoms with van der Waals surface area (Å²) in [7, 11) is 0. The lowest BCUT2D eigenvalue weighted by molar-refractivity contribution is -0.0251. The van der Waals surface area contributed by atoms with E-state index in [0.717, 1.165) is 31.2 Å². The third-order valence-electron chi connectivity index (χ3n) is 3.91. The number of aromatic nitrogens is 1. The Bertz CT molecular complexity index is 391. The lowest BCUT2D eigenvalue weighted by Gasteiger charge is -2.40. The number of pyridine rings is 1. The molecule has 94 valence electrons. The maximum absolute atomic E-state index is 10.6. The molecule has 1 aromatic heterocycles. The number of aliphatic hydroxyl groups is 1. The van der Waals surface area contributed by atoms with Gasteiger partial charge in [-0.15, -0.1) is 0 Å². The Kier molecular flexibility index (Phi) is 3.13. The Morgan fingerprint density at radius 1 is 1.29 bits per heavy atom. The maximum atomic E-state index is 10.6. The normalized spacial score (nSPS) is 22.3. The van der Waals surface area contributed by atoms with Crippen LogP contribution in [0.5, 0.6) is 0 Å². The Hall–Kier alpha value is -1.09. The van der Waals surface area contributed by atoms with E-state index in [1.54, 1.807) is 6.20 Å². The molecule has 0 amide bonds. The molecule has 0 unspecified atom stereocenters. The van der Waals surface area contributed by atoms with Crippen molar-refractivity contribution in [3.05, 3.63) is 23.9 Å². The Morgan fingerprint density at radius 2 is 1.94 bits per heavy atom. The average molecular weight is 234 g/mol. The molecule has 3 nitrogen and oxygen atoms in total. The molecule has 1 aromatic rings. The second-order valence-corrected chi connectivity index (χ2v) is 6.15. The number of nitrogens with two attached hydrogens (primary N) is 1. The summed E-state index contributed by atoms with van der Waals surface area (Å²) in [6.45, 7) is 4.55. The first-order valence-electron chi connectivity index (χ1n) is 6.31. The summed E-state index contributed by atoms with van der Waals surface area (Å²) in [6.07, 6.45) is 6.33. The second-order valence-electron chi connectivity index (χ2n) is 6.15. The fourth-order valence-electron chi connectivity index (χ4n) is 2.55. The van der Waals surface area contributed by atoms with Crippen LogP contribution in [-0.2, 0) is 6.42 Å². The summed E-state index contributed by atoms with van der Waals surface area (Å²) in [5.74, 6) is 0.530. The lowest BCUT2D eigenvalue weighted by atomic mass is 9.69. The van der Waals surface area contributed by atoms with E-state index in [0.29, 0.717) is 17.7 Å². The molecule has 3 heteroatoms. The van der Waals surface area contributed by atoms with Gasteiger partial charge in [0.1, 0.15) is 5.82 Å². The first-order chi connectivity index (χ1) is 7.89. The summed E-state index contributed by atoms with van der Waals surface area (Å²) < 4.78 is 0. The summed E-state index contributed by atoms with van der Waals surface area (Å²) in [6, 6.07) is 3.80. The minimum absolute atomic E-state index is 0.378. The van der Waals surface area contributed by atoms with E-state index in [1.807, 2.05) is 12.1 Å². The first-order valence-corrected chi connectivity index (χ1v) is 6.31. The van der Waals surface area contributed by atoms with Crippen LogP contribution in [0.25, 0.3) is 0 Å². The third kappa shape index (κ3) is 3.19. The number of nitrogen functional groups attached to an aromatic ring is 1. The van der Waals surface area contributed by atoms with Crippen LogP contribution < -0.4 is 5.73 Å². The average Bonchev–Trinajstić information content (AvgIpc) is 2.24. The van der Waals surface area contributed by atoms with Crippen molar-refractivity contribution in [1.82, 2.24) is 4.98 Å². The van der Waals surface area contributed by atoms with Gasteiger partial charge in [0.25, 0.3) is 0 Å². The molecule has 1 aliphatic carbocycles. The fraction of sp³-hybridized carbons (Fsp3) is 0.643. The predicted molar refractivity (Wildman–Crippen MR) is 69.6 cm³/mol. The van der Waals surface area contributed by atoms with Crippen molar-refractivity contribution in [3.8, 4) is 0 Å². The molecule has 2 rings (SSSR count). The van der Waals surface area contributed by atoms with Gasteiger partial charge in [0, 0.05) is 12.6 Å². The monoisotopic (exact) mass is 234 g/mol. The minimum Gasteiger partial charge on any atom is -0.390 e. The lowest BCUT2D eigenvalue weighted by Crippen LogP contribution is -2.38. The molecule has 0 saturated heterocycles. The zero-order chi connectivity index (χ0) is 12.5. The van der Waals surface area contributed by atoms with E-state index >= 15 is 0 Å². The molecule has 3 N–H and O–H groups in total. The van der Waals surface area contributed by atoms with Gasteiger partial charge in [0.2, 0.25) is 0 Å². The van der Waals surface area contributed by atoms with Crippen LogP contribution in [0.15, 0.2) is 18.3 Å². The molecular weight excluding hydrogens is 212 g/mol. The highest BCUT2D eigenvalue weighted by Gasteiger charge is 2.36. The van der Waals surface area contributed by atoms with Crippen molar-refractivity contribution < 1.29 is 5.11 Å². The van der Waals surface area contributed by atoms with Gasteiger partial charge < -0.3 is 10.8 Å². The Labute approximate surface area is 103 Å². The number of nitrogens with zero attached hydrogens (tertiary/aromatic N) is 1. The van der Waals surface area contributed by atoms with Gasteiger partial charge in [0.05, 0.1) is 5.60 Å². The molecule has 1 heterocycles. The molecule has 0 aliphatic heterocycles. The van der Waals surface area contributed by atoms with Gasteiger partial charge in [-0.25, -0.2) is 4.98 Å². The Balaban J connectivity index is 2.04. The highest BCUT2D eigenvalue weighted by atomic mass is 16.3. The van der Waals surface area contributed by atoms with E-state index in [4.69, 9.17) is 5.73 Å². The first kappa shape index (κ1) is 12.4. The fourth-order valence-corrected chi connectivity index (χ4v) is 2.55. The SMILES string of the molecule is CC1(C)CCC(O)(Cc2ccnc(N)c2)CC1. The molecule has 1 fully saturated rings. The molecule has 0 radical (unpaired) electrons. The highest BCUT2D eigenvalue weighted by Crippen LogP contribution is 2.41. The molecule has 1 aliphatic rings. The Morgan fingerprint density at radius 3 is 2.53 bits per heavy atom. The van der Waals surface area contributed by atoms with E-state index in [-0.39, 0.29) is 0 Å². The summed E-state index contributed by atoms with van der Waals surface area (Å²) in [5.41, 5.74) is 6.57. The van der Waals surface area contributed by atoms with Gasteiger partial charge in [-0.3, -0.25) is 0 Å². The highest BCUT2D eigenvalue weighted by molar-refractivity contribution is 5.32. The number of hydrogen-bond donors (Lipinski definition) is 2. The zero-order valence-corrected chi connectivity index (χ0v) is 10.7. The van der Waals surface area contributed by atoms with Gasteiger partial charge in [-0.2, -0.15) is 0 Å². The third-order valence-corrected chi connectivity index (χ3v) is 3.91. The van der Waals surface area contributed by atoms with E-state index in [9.17, 15) is 5.11 Å². The van der Waals surface area contributed by atoms with E-state index < -0.39 is 5.60 Å². The quantitative estimate of drug-likeness (QED) is 0.826. The van der Waals surface area contributed by atoms with Crippen molar-refractivity contribution >= 4 is 5.82 Å². The summed E-state index contributed by atoms with van der Waals surface area (Å²) >= 11 is 0. The van der Waals surface area contributed by atoms with E-state index in [1.165, 1.54) is 0 Å². The van der Waals surface area contributed by atoms with Crippen LogP contribution in [0.1, 0.15) is 45.1 Å². The van der Waals surface area contributed by atoms with Crippen LogP contribution in [0, 0.1) is 5.41 Å². The minimum atomic E-state index is -0.552. The van der Waals surface area contributed by atoms with Gasteiger partial charge in [-0.1, -0.05) is 13.8 Å². The molecular formula is C14H22N2O. The zero-order valence-electron chi connectivity index (χ0n) is 10.7. The van der Waals surface area contributed by atoms with Gasteiger partial charge >= 0.3 is 0 Å². The molecule has 17 heavy (non-hydrogen) atoms. The van der Waals surface area contributed by atoms with Crippen molar-refractivity contribution in [3.63, 3.8) is 0 Å². The molecule has 0 atom stereocenters. The summed E-state index contributed by atoms with van der Waals surface area (Å²) in [4.78, 5) is 3.97. The van der Waals surface area contributed by atoms with Gasteiger partial charge in [-0.05, 0) is 48.8 Å². The summed E-state index contributed by atoms with van der Waals surface area (Å²) in [5, 5.41) is 10.6. The predicted octanol–water partition coefficient (Wildman–Crippen LogP) is 2.54. The topological polar surface area (TPSA) is 59.1 Å². The van der Waals surface area contributed by atoms with Crippen LogP contribution in [0.2, 0.25) is 0 Å². The van der Waals surface area contributed by atoms with Crippen molar-refractivity contribution in [1.29, 1.82) is 0 Å². The number of rotatable bonds is 2. The second kappa shape index (κ2) is 4.30. The van der Waals surface area contributed by atoms with E-state index in [2.05, 4.69) is 18.8 Å². The molecule has 0 spiro atoms. The molecule has 1 saturated carbocycles. The van der Waals surface area contributed by atoms with Crippen LogP contribution in [0.3, 0.4) is 0 Å². The molecule has 0 aromatic carbocycles. The number of anilines is 1. The van der Waals surface area contributed by atoms with Crippen molar-refractivity contribution in [2.24, 2.45) is 5.41 Å². The standard InChI is InChI=1S/C14H22N2O/c1-13(2)4-6-14(17,7-5-13)10-11-3-8-16-12(15)9-11/h3,8-9,17H,4-7,10H2,1-2H3,(H2,15,16). The van der Waals surface area contributed by atoms with Gasteiger partial charge in [0.15, 0.2) is 0 Å². The maximum Gasteiger partial charge on any atom is 0.123 e. The van der Waals surface area contributed by atoms with Crippen molar-refractivity contribution in [2.75, 3.05) is 5.73 Å². The smallest absolute Gasteiger partial charge is 0.123 e. The van der Waals surface area contributed by atoms with Crippen LogP contribution in [-0.4, -0.2) is 15.7 Å². The van der Waals surface area contributed by atoms with Crippen molar-refractivity contribution in [2.45, 2.75) is 51.6 Å². The number of hydrogen-bond acceptors (Lipinski definition) is 3. The largest absolute Gasteiger partial charge is 0.390 e. The van der Waals surface area contributed by atoms with Crippen LogP contribution in [0.4, 0.5) is 5.82 Å².